The molecule has 2 radical (unpaired) electrons. The van der Waals surface area contributed by atoms with E-state index in [9.17, 15) is 0 Å². The molecule has 0 heterocycles. The molecule has 0 rings (SSSR count). The highest BCUT2D eigenvalue weighted by molar-refractivity contribution is 4.81. The van der Waals surface area contributed by atoms with Gasteiger partial charge in [-0.2, -0.15) is 0 Å². The van der Waals surface area contributed by atoms with E-state index in [1.165, 1.54) is 122 Å². The lowest BCUT2D eigenvalue weighted by Gasteiger charge is -2.20. The summed E-state index contributed by atoms with van der Waals surface area (Å²) in [5.74, 6) is 1.81. The van der Waals surface area contributed by atoms with Gasteiger partial charge in [0.05, 0.1) is 0 Å². The van der Waals surface area contributed by atoms with Crippen LogP contribution in [0, 0.1) is 25.7 Å². The Labute approximate surface area is 186 Å². The van der Waals surface area contributed by atoms with E-state index in [1.807, 2.05) is 0 Å². The van der Waals surface area contributed by atoms with Crippen LogP contribution in [0.3, 0.4) is 0 Å². The number of unbranched alkanes of at least 4 members (excludes halogenated alkanes) is 16. The molecule has 1 atom stereocenters. The minimum absolute atomic E-state index is 0.861. The molecule has 0 nitrogen and oxygen atoms in total. The van der Waals surface area contributed by atoms with Crippen LogP contribution >= 0.6 is 0 Å². The Kier molecular flexibility index (Phi) is 23.8. The minimum Gasteiger partial charge on any atom is -0.0885 e. The smallest absolute Gasteiger partial charge is 0.0351 e. The highest BCUT2D eigenvalue weighted by Crippen LogP contribution is 2.25. The molecular formula is C29H56. The molecule has 0 aliphatic carbocycles. The van der Waals surface area contributed by atoms with Gasteiger partial charge in [-0.25, -0.2) is 0 Å². The monoisotopic (exact) mass is 404 g/mol. The molecule has 0 saturated carbocycles. The first-order valence-corrected chi connectivity index (χ1v) is 13.5. The van der Waals surface area contributed by atoms with Crippen molar-refractivity contribution in [1.29, 1.82) is 0 Å². The van der Waals surface area contributed by atoms with Crippen molar-refractivity contribution in [3.05, 3.63) is 26.0 Å². The zero-order valence-corrected chi connectivity index (χ0v) is 20.6. The van der Waals surface area contributed by atoms with Crippen LogP contribution in [0.4, 0.5) is 0 Å². The number of hydrogen-bond donors (Lipinski definition) is 0. The molecule has 0 fully saturated rings. The maximum atomic E-state index is 3.98. The van der Waals surface area contributed by atoms with Gasteiger partial charge in [0.15, 0.2) is 0 Å². The zero-order chi connectivity index (χ0) is 21.4. The predicted molar refractivity (Wildman–Crippen MR) is 135 cm³/mol. The summed E-state index contributed by atoms with van der Waals surface area (Å²) in [5, 5.41) is 0. The fourth-order valence-electron chi connectivity index (χ4n) is 4.33. The third kappa shape index (κ3) is 22.3. The maximum Gasteiger partial charge on any atom is -0.0351 e. The summed E-state index contributed by atoms with van der Waals surface area (Å²) in [6.45, 7) is 12.7. The van der Waals surface area contributed by atoms with Crippen LogP contribution in [0.5, 0.6) is 0 Å². The van der Waals surface area contributed by atoms with E-state index in [2.05, 4.69) is 39.8 Å². The largest absolute Gasteiger partial charge is 0.0885 e. The number of rotatable bonds is 23. The molecule has 0 aromatic carbocycles. The van der Waals surface area contributed by atoms with Crippen molar-refractivity contribution in [1.82, 2.24) is 0 Å². The summed E-state index contributed by atoms with van der Waals surface area (Å²) in [6.07, 6.45) is 33.7. The van der Waals surface area contributed by atoms with Crippen molar-refractivity contribution >= 4 is 0 Å². The molecule has 0 aromatic heterocycles. The second-order valence-corrected chi connectivity index (χ2v) is 9.64. The van der Waals surface area contributed by atoms with Crippen LogP contribution in [0.1, 0.15) is 149 Å². The summed E-state index contributed by atoms with van der Waals surface area (Å²) in [5.41, 5.74) is 0. The van der Waals surface area contributed by atoms with Crippen LogP contribution in [0.2, 0.25) is 0 Å². The third-order valence-corrected chi connectivity index (χ3v) is 6.50. The van der Waals surface area contributed by atoms with Gasteiger partial charge in [-0.15, -0.1) is 0 Å². The van der Waals surface area contributed by atoms with E-state index in [0.717, 1.165) is 24.7 Å². The van der Waals surface area contributed by atoms with Gasteiger partial charge in [-0.05, 0) is 37.5 Å². The lowest BCUT2D eigenvalue weighted by Crippen LogP contribution is -2.08. The Balaban J connectivity index is 3.28. The Morgan fingerprint density at radius 1 is 0.483 bits per heavy atom. The van der Waals surface area contributed by atoms with Crippen molar-refractivity contribution in [2.24, 2.45) is 11.8 Å². The summed E-state index contributed by atoms with van der Waals surface area (Å²) < 4.78 is 0. The van der Waals surface area contributed by atoms with E-state index >= 15 is 0 Å². The standard InChI is InChI=1S/C29H56/c1-5-7-9-10-11-12-13-14-15-16-17-18-19-20-21-22-23-25-27-29(28(3)4)26-24-8-6-2/h11-12,28-29H,1-2,5-10,13-27H2,3-4H3. The van der Waals surface area contributed by atoms with Gasteiger partial charge in [0.2, 0.25) is 0 Å². The second kappa shape index (κ2) is 24.0. The van der Waals surface area contributed by atoms with Crippen LogP contribution < -0.4 is 0 Å². The van der Waals surface area contributed by atoms with E-state index in [1.54, 1.807) is 0 Å². The SMILES string of the molecule is [CH2]CCCCC=CCCCCCCCCCCCCCC(CCCC[CH2])C(C)C. The van der Waals surface area contributed by atoms with Gasteiger partial charge in [0.1, 0.15) is 0 Å². The molecule has 0 bridgehead atoms. The number of hydrogen-bond acceptors (Lipinski definition) is 0. The predicted octanol–water partition coefficient (Wildman–Crippen LogP) is 10.7. The van der Waals surface area contributed by atoms with E-state index < -0.39 is 0 Å². The lowest BCUT2D eigenvalue weighted by molar-refractivity contribution is 0.314. The normalized spacial score (nSPS) is 13.0. The highest BCUT2D eigenvalue weighted by atomic mass is 14.2. The molecule has 0 aliphatic rings. The summed E-state index contributed by atoms with van der Waals surface area (Å²) in [4.78, 5) is 0. The summed E-state index contributed by atoms with van der Waals surface area (Å²) in [7, 11) is 0. The summed E-state index contributed by atoms with van der Waals surface area (Å²) >= 11 is 0. The van der Waals surface area contributed by atoms with E-state index in [4.69, 9.17) is 0 Å². The Morgan fingerprint density at radius 3 is 1.28 bits per heavy atom. The number of allylic oxidation sites excluding steroid dienone is 2. The van der Waals surface area contributed by atoms with Gasteiger partial charge in [-0.1, -0.05) is 149 Å². The summed E-state index contributed by atoms with van der Waals surface area (Å²) in [6, 6.07) is 0. The molecule has 0 aromatic rings. The van der Waals surface area contributed by atoms with Crippen molar-refractivity contribution in [2.75, 3.05) is 0 Å². The fourth-order valence-corrected chi connectivity index (χ4v) is 4.33. The molecule has 0 heteroatoms. The van der Waals surface area contributed by atoms with Crippen molar-refractivity contribution < 1.29 is 0 Å². The average molecular weight is 405 g/mol. The highest BCUT2D eigenvalue weighted by Gasteiger charge is 2.12. The molecule has 0 aliphatic heterocycles. The zero-order valence-electron chi connectivity index (χ0n) is 20.6. The molecule has 0 spiro atoms. The van der Waals surface area contributed by atoms with Crippen molar-refractivity contribution in [3.8, 4) is 0 Å². The van der Waals surface area contributed by atoms with Crippen LogP contribution in [-0.2, 0) is 0 Å². The molecule has 1 unspecified atom stereocenters. The van der Waals surface area contributed by atoms with Gasteiger partial charge >= 0.3 is 0 Å². The Hall–Kier alpha value is -0.260. The van der Waals surface area contributed by atoms with E-state index in [-0.39, 0.29) is 0 Å². The van der Waals surface area contributed by atoms with Gasteiger partial charge in [0.25, 0.3) is 0 Å². The van der Waals surface area contributed by atoms with Gasteiger partial charge in [0, 0.05) is 0 Å². The quantitative estimate of drug-likeness (QED) is 0.117. The molecule has 0 saturated heterocycles. The molecule has 29 heavy (non-hydrogen) atoms. The van der Waals surface area contributed by atoms with Gasteiger partial charge < -0.3 is 0 Å². The molecule has 172 valence electrons. The van der Waals surface area contributed by atoms with Crippen LogP contribution in [0.15, 0.2) is 12.2 Å². The molecule has 0 amide bonds. The first-order chi connectivity index (χ1) is 14.2. The van der Waals surface area contributed by atoms with Crippen LogP contribution in [-0.4, -0.2) is 0 Å². The molecule has 0 N–H and O–H groups in total. The topological polar surface area (TPSA) is 0 Å². The Bertz CT molecular complexity index is 314. The average Bonchev–Trinajstić information content (AvgIpc) is 2.71. The van der Waals surface area contributed by atoms with Crippen LogP contribution in [0.25, 0.3) is 0 Å². The first kappa shape index (κ1) is 28.7. The third-order valence-electron chi connectivity index (χ3n) is 6.50. The van der Waals surface area contributed by atoms with Crippen molar-refractivity contribution in [2.45, 2.75) is 149 Å². The Morgan fingerprint density at radius 2 is 0.828 bits per heavy atom. The lowest BCUT2D eigenvalue weighted by atomic mass is 9.86. The maximum absolute atomic E-state index is 3.98. The van der Waals surface area contributed by atoms with E-state index in [0.29, 0.717) is 0 Å². The first-order valence-electron chi connectivity index (χ1n) is 13.5. The fraction of sp³-hybridized carbons (Fsp3) is 0.862. The minimum atomic E-state index is 0.861. The second-order valence-electron chi connectivity index (χ2n) is 9.64. The van der Waals surface area contributed by atoms with Gasteiger partial charge in [-0.3, -0.25) is 0 Å². The molecular weight excluding hydrogens is 348 g/mol. The van der Waals surface area contributed by atoms with Crippen molar-refractivity contribution in [3.63, 3.8) is 0 Å².